The molecule has 4 fully saturated rings. The normalized spacial score (nSPS) is 20.2. The number of anilines is 2. The standard InChI is InChI=1S/C56H50N4O7Si/c1-66-56(65)33-10-15-42(55(63)64)47(24-33)53-43-16-11-36(57-20-6-21-57)25-48(43)67-49-26-37(12-17-44(49)53)59-29-34(30-59)35-31-60(32-35)39-14-19-46-51(28-39)68(2,3)50-27-38(58-22-7-23-58)13-18-45(50)52(46)40-8-4-5-9-41(40)54(61)62/h4-5,8-19,24-28,34-35H,6-7,20-23,29-32H2,1-3H3/p+2. The maximum absolute atomic E-state index is 12.7. The molecule has 0 aromatic heterocycles. The molecule has 0 bridgehead atoms. The van der Waals surface area contributed by atoms with E-state index in [0.717, 1.165) is 103 Å². The topological polar surface area (TPSA) is 127 Å². The molecule has 0 unspecified atom stereocenters. The first-order chi connectivity index (χ1) is 32.9. The smallest absolute Gasteiger partial charge is 0.337 e. The van der Waals surface area contributed by atoms with Gasteiger partial charge >= 0.3 is 17.9 Å². The van der Waals surface area contributed by atoms with Gasteiger partial charge in [0.25, 0.3) is 0 Å². The molecule has 2 N–H and O–H groups in total. The lowest BCUT2D eigenvalue weighted by Crippen LogP contribution is -2.59. The molecule has 4 aromatic rings. The van der Waals surface area contributed by atoms with Crippen LogP contribution in [0.3, 0.4) is 0 Å². The number of fused-ring (bicyclic) bond motifs is 4. The van der Waals surface area contributed by atoms with Crippen LogP contribution in [0.1, 0.15) is 55.0 Å². The van der Waals surface area contributed by atoms with Gasteiger partial charge in [0.2, 0.25) is 5.36 Å². The molecule has 340 valence electrons. The van der Waals surface area contributed by atoms with Gasteiger partial charge < -0.3 is 29.2 Å². The number of nitrogens with zero attached hydrogens (tertiary/aromatic N) is 4. The Labute approximate surface area is 394 Å². The van der Waals surface area contributed by atoms with Gasteiger partial charge in [-0.3, -0.25) is 0 Å². The van der Waals surface area contributed by atoms with Crippen LogP contribution in [0.15, 0.2) is 130 Å². The van der Waals surface area contributed by atoms with E-state index in [2.05, 4.69) is 86.7 Å². The van der Waals surface area contributed by atoms with Gasteiger partial charge in [0.1, 0.15) is 19.4 Å². The summed E-state index contributed by atoms with van der Waals surface area (Å²) in [4.78, 5) is 42.8. The van der Waals surface area contributed by atoms with Gasteiger partial charge in [-0.15, -0.1) is 0 Å². The Morgan fingerprint density at radius 3 is 2.04 bits per heavy atom. The van der Waals surface area contributed by atoms with Crippen LogP contribution >= 0.6 is 0 Å². The molecule has 12 heteroatoms. The minimum absolute atomic E-state index is 0.0924. The van der Waals surface area contributed by atoms with E-state index in [1.54, 1.807) is 12.1 Å². The lowest BCUT2D eigenvalue weighted by molar-refractivity contribution is -0.608. The third-order valence-electron chi connectivity index (χ3n) is 15.6. The number of carbonyl (C=O) groups is 3. The molecule has 0 atom stereocenters. The second-order valence-corrected chi connectivity index (χ2v) is 24.0. The monoisotopic (exact) mass is 920 g/mol. The number of hydrogen-bond donors (Lipinski definition) is 2. The molecule has 12 rings (SSSR count). The van der Waals surface area contributed by atoms with Crippen molar-refractivity contribution in [2.45, 2.75) is 25.9 Å². The van der Waals surface area contributed by atoms with Crippen molar-refractivity contribution in [1.82, 2.24) is 4.58 Å². The van der Waals surface area contributed by atoms with Crippen molar-refractivity contribution < 1.29 is 38.3 Å². The summed E-state index contributed by atoms with van der Waals surface area (Å²) in [5.74, 6) is -0.807. The molecule has 68 heavy (non-hydrogen) atoms. The highest BCUT2D eigenvalue weighted by Crippen LogP contribution is 2.45. The van der Waals surface area contributed by atoms with Crippen LogP contribution in [0.4, 0.5) is 11.4 Å². The number of carboxylic acids is 2. The minimum atomic E-state index is -2.23. The minimum Gasteiger partial charge on any atom is -0.478 e. The Balaban J connectivity index is 0.862. The zero-order chi connectivity index (χ0) is 46.6. The largest absolute Gasteiger partial charge is 0.478 e. The zero-order valence-corrected chi connectivity index (χ0v) is 39.4. The first-order valence-corrected chi connectivity index (χ1v) is 26.7. The predicted octanol–water partition coefficient (Wildman–Crippen LogP) is 7.76. The Morgan fingerprint density at radius 1 is 0.691 bits per heavy atom. The molecule has 2 aliphatic carbocycles. The number of hydrogen-bond acceptors (Lipinski definition) is 7. The zero-order valence-electron chi connectivity index (χ0n) is 38.4. The highest BCUT2D eigenvalue weighted by atomic mass is 28.3. The van der Waals surface area contributed by atoms with Crippen LogP contribution in [0, 0.1) is 11.8 Å². The number of methoxy groups -OCH3 is 1. The number of ether oxygens (including phenoxy) is 1. The molecule has 0 radical (unpaired) electrons. The number of benzene rings is 5. The summed E-state index contributed by atoms with van der Waals surface area (Å²) in [5.41, 5.74) is 10.9. The van der Waals surface area contributed by atoms with Gasteiger partial charge in [-0.2, -0.15) is 0 Å². The first kappa shape index (κ1) is 42.1. The Bertz CT molecular complexity index is 3370. The maximum atomic E-state index is 12.7. The molecular weight excluding hydrogens is 869 g/mol. The van der Waals surface area contributed by atoms with Gasteiger partial charge in [-0.25, -0.2) is 23.5 Å². The van der Waals surface area contributed by atoms with Crippen LogP contribution in [-0.2, 0) is 4.74 Å². The van der Waals surface area contributed by atoms with Crippen molar-refractivity contribution >= 4 is 64.8 Å². The fraction of sp³-hybridized carbons (Fsp3) is 0.268. The van der Waals surface area contributed by atoms with Gasteiger partial charge in [0, 0.05) is 78.4 Å². The highest BCUT2D eigenvalue weighted by Gasteiger charge is 2.49. The molecule has 0 saturated carbocycles. The summed E-state index contributed by atoms with van der Waals surface area (Å²) in [6, 6.07) is 31.2. The fourth-order valence-corrected chi connectivity index (χ4v) is 14.4. The predicted molar refractivity (Wildman–Crippen MR) is 267 cm³/mol. The summed E-state index contributed by atoms with van der Waals surface area (Å²) in [7, 11) is -0.909. The van der Waals surface area contributed by atoms with E-state index in [1.165, 1.54) is 47.4 Å². The number of carboxylic acid groups (broad SMARTS) is 2. The number of rotatable bonds is 8. The molecule has 11 nitrogen and oxygen atoms in total. The SMILES string of the molecule is COC(=O)c1ccc(C(=O)O)c(-c2c3ccc(=[N+]4CC(C5C[N+](=C6C=CC7=C(c8ccccc8C(=O)O)c8ccc(N9CCC9)cc8[Si](C)(C)C7=C6)C5)C4)cc-3oc3cc(N4CCC4)ccc23)c1. The van der Waals surface area contributed by atoms with Crippen molar-refractivity contribution in [3.8, 4) is 22.5 Å². The van der Waals surface area contributed by atoms with E-state index in [1.807, 2.05) is 36.4 Å². The van der Waals surface area contributed by atoms with E-state index in [0.29, 0.717) is 39.9 Å². The van der Waals surface area contributed by atoms with Crippen molar-refractivity contribution in [3.63, 3.8) is 0 Å². The molecule has 0 amide bonds. The quantitative estimate of drug-likeness (QED) is 0.0682. The number of allylic oxidation sites excluding steroid dienone is 5. The second-order valence-electron chi connectivity index (χ2n) is 19.7. The third kappa shape index (κ3) is 6.70. The summed E-state index contributed by atoms with van der Waals surface area (Å²) in [6.45, 7) is 12.8. The summed E-state index contributed by atoms with van der Waals surface area (Å²) >= 11 is 0. The molecule has 0 spiro atoms. The summed E-state index contributed by atoms with van der Waals surface area (Å²) < 4.78 is 16.7. The lowest BCUT2D eigenvalue weighted by Gasteiger charge is -2.40. The molecule has 6 aliphatic heterocycles. The van der Waals surface area contributed by atoms with Crippen molar-refractivity contribution in [3.05, 3.63) is 159 Å². The lowest BCUT2D eigenvalue weighted by atomic mass is 9.81. The molecule has 8 aliphatic rings. The van der Waals surface area contributed by atoms with Gasteiger partial charge in [-0.1, -0.05) is 37.4 Å². The van der Waals surface area contributed by atoms with Gasteiger partial charge in [-0.05, 0) is 112 Å². The van der Waals surface area contributed by atoms with E-state index in [9.17, 15) is 24.6 Å². The average molecular weight is 921 g/mol. The van der Waals surface area contributed by atoms with Gasteiger partial charge in [0.15, 0.2) is 31.9 Å². The third-order valence-corrected chi connectivity index (χ3v) is 19.1. The van der Waals surface area contributed by atoms with Crippen LogP contribution < -0.4 is 24.9 Å². The second kappa shape index (κ2) is 15.9. The number of esters is 1. The highest BCUT2D eigenvalue weighted by molar-refractivity contribution is 6.98. The Kier molecular flexibility index (Phi) is 9.84. The van der Waals surface area contributed by atoms with E-state index < -0.39 is 26.0 Å². The first-order valence-electron chi connectivity index (χ1n) is 23.7. The number of carbonyl (C=O) groups excluding carboxylic acids is 1. The van der Waals surface area contributed by atoms with Crippen LogP contribution in [0.2, 0.25) is 13.1 Å². The fourth-order valence-electron chi connectivity index (χ4n) is 11.3. The van der Waals surface area contributed by atoms with E-state index >= 15 is 0 Å². The molecule has 6 heterocycles. The molecule has 4 aromatic carbocycles. The average Bonchev–Trinajstić information content (AvgIpc) is 3.27. The van der Waals surface area contributed by atoms with Crippen molar-refractivity contribution in [2.24, 2.45) is 11.8 Å². The van der Waals surface area contributed by atoms with Gasteiger partial charge in [0.05, 0.1) is 41.7 Å². The maximum Gasteiger partial charge on any atom is 0.337 e. The van der Waals surface area contributed by atoms with Crippen LogP contribution in [0.25, 0.3) is 39.0 Å². The Morgan fingerprint density at radius 2 is 1.35 bits per heavy atom. The Hall–Kier alpha value is -7.31. The van der Waals surface area contributed by atoms with Crippen molar-refractivity contribution in [2.75, 3.05) is 69.3 Å². The molecular formula is C56H52N4O7Si+2. The molecule has 4 saturated heterocycles. The van der Waals surface area contributed by atoms with Crippen molar-refractivity contribution in [1.29, 1.82) is 0 Å². The summed E-state index contributed by atoms with van der Waals surface area (Å²) in [5, 5.41) is 25.2. The summed E-state index contributed by atoms with van der Waals surface area (Å²) in [6.07, 6.45) is 9.25. The van der Waals surface area contributed by atoms with Crippen LogP contribution in [-0.4, -0.2) is 106 Å². The van der Waals surface area contributed by atoms with E-state index in [4.69, 9.17) is 9.15 Å². The number of aromatic carboxylic acids is 2. The van der Waals surface area contributed by atoms with E-state index in [-0.39, 0.29) is 11.1 Å². The van der Waals surface area contributed by atoms with Crippen LogP contribution in [0.5, 0.6) is 0 Å².